The van der Waals surface area contributed by atoms with E-state index in [2.05, 4.69) is 10.0 Å². The third-order valence-electron chi connectivity index (χ3n) is 4.93. The van der Waals surface area contributed by atoms with Crippen LogP contribution in [0.3, 0.4) is 0 Å². The first-order valence-electron chi connectivity index (χ1n) is 10.4. The third-order valence-corrected chi connectivity index (χ3v) is 6.69. The Labute approximate surface area is 193 Å². The van der Waals surface area contributed by atoms with Crippen LogP contribution in [0.25, 0.3) is 0 Å². The van der Waals surface area contributed by atoms with E-state index in [-0.39, 0.29) is 10.6 Å². The number of carbonyl (C=O) groups is 3. The van der Waals surface area contributed by atoms with E-state index in [4.69, 9.17) is 0 Å². The number of rotatable bonds is 6. The highest BCUT2D eigenvalue weighted by molar-refractivity contribution is 7.89. The fraction of sp³-hybridized carbons (Fsp3) is 0.348. The summed E-state index contributed by atoms with van der Waals surface area (Å²) in [6.07, 6.45) is 0. The summed E-state index contributed by atoms with van der Waals surface area (Å²) >= 11 is 0. The molecule has 1 aliphatic rings. The number of hydrogen-bond donors (Lipinski definition) is 2. The van der Waals surface area contributed by atoms with E-state index in [0.717, 1.165) is 10.5 Å². The molecule has 1 unspecified atom stereocenters. The Hall–Kier alpha value is -3.24. The lowest BCUT2D eigenvalue weighted by atomic mass is 10.1. The molecule has 2 aromatic rings. The molecule has 0 radical (unpaired) electrons. The molecule has 0 saturated carbocycles. The molecule has 33 heavy (non-hydrogen) atoms. The van der Waals surface area contributed by atoms with Gasteiger partial charge in [-0.25, -0.2) is 17.9 Å². The van der Waals surface area contributed by atoms with Gasteiger partial charge in [0.15, 0.2) is 0 Å². The van der Waals surface area contributed by atoms with Crippen LogP contribution in [0.15, 0.2) is 53.4 Å². The van der Waals surface area contributed by atoms with Gasteiger partial charge in [-0.05, 0) is 65.0 Å². The van der Waals surface area contributed by atoms with Gasteiger partial charge in [0.25, 0.3) is 5.91 Å². The first-order valence-corrected chi connectivity index (χ1v) is 11.9. The Kier molecular flexibility index (Phi) is 6.62. The number of nitrogens with zero attached hydrogens (tertiary/aromatic N) is 2. The molecule has 1 atom stereocenters. The summed E-state index contributed by atoms with van der Waals surface area (Å²) in [5, 5.41) is 2.57. The smallest absolute Gasteiger partial charge is 0.324 e. The highest BCUT2D eigenvalue weighted by atomic mass is 32.2. The average molecular weight is 473 g/mol. The quantitative estimate of drug-likeness (QED) is 0.627. The zero-order valence-electron chi connectivity index (χ0n) is 19.2. The highest BCUT2D eigenvalue weighted by Crippen LogP contribution is 2.26. The predicted molar refractivity (Wildman–Crippen MR) is 125 cm³/mol. The minimum atomic E-state index is -3.79. The van der Waals surface area contributed by atoms with Gasteiger partial charge in [0.2, 0.25) is 15.9 Å². The summed E-state index contributed by atoms with van der Waals surface area (Å²) < 4.78 is 27.7. The Morgan fingerprint density at radius 2 is 1.70 bits per heavy atom. The lowest BCUT2D eigenvalue weighted by molar-refractivity contribution is -0.130. The van der Waals surface area contributed by atoms with Gasteiger partial charge in [-0.3, -0.25) is 19.4 Å². The van der Waals surface area contributed by atoms with Crippen LogP contribution in [0.2, 0.25) is 0 Å². The monoisotopic (exact) mass is 472 g/mol. The van der Waals surface area contributed by atoms with E-state index in [9.17, 15) is 22.8 Å². The van der Waals surface area contributed by atoms with Gasteiger partial charge in [-0.15, -0.1) is 0 Å². The van der Waals surface area contributed by atoms with Crippen LogP contribution in [0.5, 0.6) is 0 Å². The number of anilines is 2. The van der Waals surface area contributed by atoms with Gasteiger partial charge in [0, 0.05) is 16.9 Å². The first-order chi connectivity index (χ1) is 15.3. The lowest BCUT2D eigenvalue weighted by Crippen LogP contribution is -2.40. The second-order valence-corrected chi connectivity index (χ2v) is 10.7. The standard InChI is InChI=1S/C23H28N4O5S/c1-15-9-11-18(12-10-15)27-16(2)21(29)26(22(27)30)14-20(28)24-17-7-6-8-19(13-17)33(31,32)25-23(3,4)5/h6-13,16,25H,14H2,1-5H3,(H,24,28). The molecule has 2 aromatic carbocycles. The molecule has 9 nitrogen and oxygen atoms in total. The molecule has 0 spiro atoms. The van der Waals surface area contributed by atoms with Crippen LogP contribution in [-0.4, -0.2) is 49.3 Å². The van der Waals surface area contributed by atoms with Crippen molar-refractivity contribution in [3.63, 3.8) is 0 Å². The van der Waals surface area contributed by atoms with E-state index in [1.165, 1.54) is 29.2 Å². The second kappa shape index (κ2) is 8.95. The molecule has 0 bridgehead atoms. The summed E-state index contributed by atoms with van der Waals surface area (Å²) in [5.74, 6) is -1.10. The summed E-state index contributed by atoms with van der Waals surface area (Å²) in [7, 11) is -3.79. The third kappa shape index (κ3) is 5.58. The van der Waals surface area contributed by atoms with Gasteiger partial charge in [-0.2, -0.15) is 0 Å². The Morgan fingerprint density at radius 3 is 2.30 bits per heavy atom. The van der Waals surface area contributed by atoms with Crippen LogP contribution in [0.4, 0.5) is 16.2 Å². The number of nitrogens with one attached hydrogen (secondary N) is 2. The van der Waals surface area contributed by atoms with Crippen molar-refractivity contribution in [2.75, 3.05) is 16.8 Å². The molecule has 1 fully saturated rings. The minimum Gasteiger partial charge on any atom is -0.324 e. The number of aryl methyl sites for hydroxylation is 1. The number of amides is 4. The van der Waals surface area contributed by atoms with Crippen LogP contribution < -0.4 is 14.9 Å². The number of benzene rings is 2. The zero-order valence-corrected chi connectivity index (χ0v) is 20.1. The van der Waals surface area contributed by atoms with Crippen molar-refractivity contribution in [3.8, 4) is 0 Å². The Balaban J connectivity index is 1.73. The SMILES string of the molecule is Cc1ccc(N2C(=O)N(CC(=O)Nc3cccc(S(=O)(=O)NC(C)(C)C)c3)C(=O)C2C)cc1. The number of urea groups is 1. The van der Waals surface area contributed by atoms with Crippen molar-refractivity contribution in [3.05, 3.63) is 54.1 Å². The van der Waals surface area contributed by atoms with Gasteiger partial charge < -0.3 is 5.32 Å². The van der Waals surface area contributed by atoms with Crippen LogP contribution in [-0.2, 0) is 19.6 Å². The maximum Gasteiger partial charge on any atom is 0.332 e. The van der Waals surface area contributed by atoms with Gasteiger partial charge in [0.05, 0.1) is 4.90 Å². The van der Waals surface area contributed by atoms with E-state index >= 15 is 0 Å². The van der Waals surface area contributed by atoms with Crippen molar-refractivity contribution in [2.45, 2.75) is 51.1 Å². The molecule has 0 aromatic heterocycles. The summed E-state index contributed by atoms with van der Waals surface area (Å²) in [5.41, 5.74) is 1.15. The molecule has 176 valence electrons. The van der Waals surface area contributed by atoms with Crippen molar-refractivity contribution in [1.29, 1.82) is 0 Å². The van der Waals surface area contributed by atoms with Gasteiger partial charge in [0.1, 0.15) is 12.6 Å². The molecule has 2 N–H and O–H groups in total. The summed E-state index contributed by atoms with van der Waals surface area (Å²) in [6, 6.07) is 11.6. The topological polar surface area (TPSA) is 116 Å². The number of sulfonamides is 1. The van der Waals surface area contributed by atoms with E-state index in [0.29, 0.717) is 5.69 Å². The fourth-order valence-corrected chi connectivity index (χ4v) is 4.92. The fourth-order valence-electron chi connectivity index (χ4n) is 3.46. The molecule has 3 rings (SSSR count). The van der Waals surface area contributed by atoms with Crippen molar-refractivity contribution in [2.24, 2.45) is 0 Å². The molecule has 1 saturated heterocycles. The predicted octanol–water partition coefficient (Wildman–Crippen LogP) is 2.87. The summed E-state index contributed by atoms with van der Waals surface area (Å²) in [6.45, 7) is 8.21. The van der Waals surface area contributed by atoms with Gasteiger partial charge >= 0.3 is 6.03 Å². The van der Waals surface area contributed by atoms with Gasteiger partial charge in [-0.1, -0.05) is 23.8 Å². The number of imide groups is 1. The molecular formula is C23H28N4O5S. The van der Waals surface area contributed by atoms with Crippen molar-refractivity contribution >= 4 is 39.2 Å². The average Bonchev–Trinajstić information content (AvgIpc) is 2.90. The van der Waals surface area contributed by atoms with E-state index < -0.39 is 46.0 Å². The molecule has 4 amide bonds. The number of hydrogen-bond acceptors (Lipinski definition) is 5. The summed E-state index contributed by atoms with van der Waals surface area (Å²) in [4.78, 5) is 40.4. The highest BCUT2D eigenvalue weighted by Gasteiger charge is 2.44. The van der Waals surface area contributed by atoms with Crippen molar-refractivity contribution < 1.29 is 22.8 Å². The largest absolute Gasteiger partial charge is 0.332 e. The normalized spacial score (nSPS) is 16.9. The first kappa shape index (κ1) is 24.4. The Bertz CT molecular complexity index is 1190. The number of carbonyl (C=O) groups excluding carboxylic acids is 3. The molecule has 0 aliphatic carbocycles. The zero-order chi connectivity index (χ0) is 24.6. The molecular weight excluding hydrogens is 444 g/mol. The Morgan fingerprint density at radius 1 is 1.06 bits per heavy atom. The molecule has 1 aliphatic heterocycles. The molecule has 10 heteroatoms. The van der Waals surface area contributed by atoms with E-state index in [1.807, 2.05) is 19.1 Å². The lowest BCUT2D eigenvalue weighted by Gasteiger charge is -2.20. The van der Waals surface area contributed by atoms with E-state index in [1.54, 1.807) is 39.8 Å². The van der Waals surface area contributed by atoms with Crippen molar-refractivity contribution in [1.82, 2.24) is 9.62 Å². The van der Waals surface area contributed by atoms with Crippen LogP contribution in [0.1, 0.15) is 33.3 Å². The maximum atomic E-state index is 12.9. The molecule has 1 heterocycles. The van der Waals surface area contributed by atoms with Crippen LogP contribution in [0, 0.1) is 6.92 Å². The van der Waals surface area contributed by atoms with Crippen LogP contribution >= 0.6 is 0 Å². The maximum absolute atomic E-state index is 12.9. The second-order valence-electron chi connectivity index (χ2n) is 9.02. The minimum absolute atomic E-state index is 0.0114.